The van der Waals surface area contributed by atoms with E-state index in [1.165, 1.54) is 30.3 Å². The van der Waals surface area contributed by atoms with Crippen LogP contribution in [0.4, 0.5) is 10.5 Å². The minimum absolute atomic E-state index is 0.100. The molecule has 0 radical (unpaired) electrons. The summed E-state index contributed by atoms with van der Waals surface area (Å²) < 4.78 is 32.1. The van der Waals surface area contributed by atoms with Gasteiger partial charge in [-0.1, -0.05) is 34.1 Å². The second kappa shape index (κ2) is 13.3. The SMILES string of the molecule is CC(C)(C)OC(=O)N(CS(=O)(=O)c1ccccc1)c1ccc(C#N)cc1Br.N#Cc1ccc(C=O)c(Br)c1. The van der Waals surface area contributed by atoms with Crippen LogP contribution in [0.15, 0.2) is 80.6 Å². The number of carbonyl (C=O) groups is 2. The predicted molar refractivity (Wildman–Crippen MR) is 150 cm³/mol. The van der Waals surface area contributed by atoms with Gasteiger partial charge in [-0.3, -0.25) is 9.69 Å². The topological polar surface area (TPSA) is 128 Å². The van der Waals surface area contributed by atoms with E-state index in [2.05, 4.69) is 31.9 Å². The summed E-state index contributed by atoms with van der Waals surface area (Å²) in [6.45, 7) is 5.09. The highest BCUT2D eigenvalue weighted by Gasteiger charge is 2.30. The average molecular weight is 661 g/mol. The van der Waals surface area contributed by atoms with Crippen molar-refractivity contribution < 1.29 is 22.7 Å². The zero-order chi connectivity index (χ0) is 28.5. The van der Waals surface area contributed by atoms with Gasteiger partial charge >= 0.3 is 6.09 Å². The van der Waals surface area contributed by atoms with Crippen LogP contribution >= 0.6 is 31.9 Å². The Labute approximate surface area is 238 Å². The highest BCUT2D eigenvalue weighted by Crippen LogP contribution is 2.30. The molecule has 3 aromatic rings. The molecule has 0 aliphatic heterocycles. The van der Waals surface area contributed by atoms with E-state index in [0.29, 0.717) is 31.3 Å². The number of carbonyl (C=O) groups excluding carboxylic acids is 2. The fourth-order valence-electron chi connectivity index (χ4n) is 2.90. The highest BCUT2D eigenvalue weighted by atomic mass is 79.9. The second-order valence-corrected chi connectivity index (χ2v) is 12.4. The van der Waals surface area contributed by atoms with E-state index >= 15 is 0 Å². The van der Waals surface area contributed by atoms with E-state index in [0.717, 1.165) is 11.2 Å². The van der Waals surface area contributed by atoms with Crippen molar-refractivity contribution in [1.29, 1.82) is 10.5 Å². The third-order valence-electron chi connectivity index (χ3n) is 4.64. The van der Waals surface area contributed by atoms with Crippen LogP contribution in [0.5, 0.6) is 0 Å². The molecule has 0 saturated carbocycles. The summed E-state index contributed by atoms with van der Waals surface area (Å²) >= 11 is 6.47. The maximum absolute atomic E-state index is 12.8. The number of sulfone groups is 1. The number of nitrogens with zero attached hydrogens (tertiary/aromatic N) is 3. The van der Waals surface area contributed by atoms with Crippen LogP contribution in [-0.2, 0) is 14.6 Å². The third-order valence-corrected chi connectivity index (χ3v) is 7.55. The molecule has 3 rings (SSSR count). The Kier molecular flexibility index (Phi) is 10.8. The lowest BCUT2D eigenvalue weighted by Gasteiger charge is -2.28. The van der Waals surface area contributed by atoms with Gasteiger partial charge in [-0.05, 0) is 85.2 Å². The molecule has 0 heterocycles. The molecule has 38 heavy (non-hydrogen) atoms. The van der Waals surface area contributed by atoms with Crippen LogP contribution < -0.4 is 4.90 Å². The van der Waals surface area contributed by atoms with Crippen molar-refractivity contribution in [2.45, 2.75) is 31.3 Å². The number of halogens is 2. The molecule has 0 N–H and O–H groups in total. The normalized spacial score (nSPS) is 10.7. The number of benzene rings is 3. The standard InChI is InChI=1S/C19H19BrN2O4S.C8H4BrNO/c1-19(2,3)26-18(23)22(17-10-9-14(12-21)11-16(17)20)13-27(24,25)15-7-5-4-6-8-15;9-8-3-6(4-10)1-2-7(8)5-11/h4-11H,13H2,1-3H3;1-3,5H. The molecule has 1 amide bonds. The summed E-state index contributed by atoms with van der Waals surface area (Å²) in [6.07, 6.45) is -0.0574. The number of nitriles is 2. The molecular formula is C27H23Br2N3O5S. The molecule has 0 aromatic heterocycles. The number of aldehydes is 1. The predicted octanol–water partition coefficient (Wildman–Crippen LogP) is 6.63. The van der Waals surface area contributed by atoms with Crippen molar-refractivity contribution in [2.24, 2.45) is 0 Å². The van der Waals surface area contributed by atoms with E-state index in [9.17, 15) is 18.0 Å². The van der Waals surface area contributed by atoms with E-state index < -0.39 is 27.4 Å². The van der Waals surface area contributed by atoms with Crippen LogP contribution in [0.1, 0.15) is 42.3 Å². The van der Waals surface area contributed by atoms with Gasteiger partial charge in [0.25, 0.3) is 0 Å². The number of rotatable bonds is 5. The maximum atomic E-state index is 12.8. The van der Waals surface area contributed by atoms with Gasteiger partial charge in [-0.15, -0.1) is 0 Å². The zero-order valence-electron chi connectivity index (χ0n) is 20.7. The van der Waals surface area contributed by atoms with Gasteiger partial charge in [-0.2, -0.15) is 10.5 Å². The van der Waals surface area contributed by atoms with Crippen molar-refractivity contribution in [3.63, 3.8) is 0 Å². The lowest BCUT2D eigenvalue weighted by atomic mass is 10.2. The van der Waals surface area contributed by atoms with E-state index in [-0.39, 0.29) is 4.90 Å². The van der Waals surface area contributed by atoms with Gasteiger partial charge < -0.3 is 4.74 Å². The van der Waals surface area contributed by atoms with Crippen LogP contribution in [0, 0.1) is 22.7 Å². The quantitative estimate of drug-likeness (QED) is 0.281. The molecule has 0 saturated heterocycles. The Bertz CT molecular complexity index is 1510. The van der Waals surface area contributed by atoms with Gasteiger partial charge in [0, 0.05) is 14.5 Å². The molecule has 0 fully saturated rings. The average Bonchev–Trinajstić information content (AvgIpc) is 2.87. The highest BCUT2D eigenvalue weighted by molar-refractivity contribution is 9.11. The van der Waals surface area contributed by atoms with Gasteiger partial charge in [0.15, 0.2) is 16.1 Å². The minimum Gasteiger partial charge on any atom is -0.443 e. The van der Waals surface area contributed by atoms with E-state index in [1.807, 2.05) is 12.1 Å². The minimum atomic E-state index is -3.80. The first-order chi connectivity index (χ1) is 17.8. The van der Waals surface area contributed by atoms with Gasteiger partial charge in [-0.25, -0.2) is 13.2 Å². The number of hydrogen-bond donors (Lipinski definition) is 0. The number of amides is 1. The van der Waals surface area contributed by atoms with E-state index in [1.54, 1.807) is 57.2 Å². The summed E-state index contributed by atoms with van der Waals surface area (Å²) in [5.74, 6) is -0.601. The summed E-state index contributed by atoms with van der Waals surface area (Å²) in [5, 5.41) is 17.5. The Balaban J connectivity index is 0.000000384. The second-order valence-electron chi connectivity index (χ2n) is 8.71. The Morgan fingerprint density at radius 2 is 1.50 bits per heavy atom. The Morgan fingerprint density at radius 3 is 1.97 bits per heavy atom. The fraction of sp³-hybridized carbons (Fsp3) is 0.185. The monoisotopic (exact) mass is 659 g/mol. The number of anilines is 1. The molecule has 3 aromatic carbocycles. The van der Waals surface area contributed by atoms with Crippen molar-refractivity contribution in [3.8, 4) is 12.1 Å². The lowest BCUT2D eigenvalue weighted by molar-refractivity contribution is 0.0586. The van der Waals surface area contributed by atoms with Gasteiger partial charge in [0.05, 0.1) is 33.8 Å². The third kappa shape index (κ3) is 8.80. The van der Waals surface area contributed by atoms with E-state index in [4.69, 9.17) is 15.3 Å². The smallest absolute Gasteiger partial charge is 0.415 e. The molecular weight excluding hydrogens is 638 g/mol. The first-order valence-electron chi connectivity index (χ1n) is 10.9. The summed E-state index contributed by atoms with van der Waals surface area (Å²) in [6, 6.07) is 21.2. The number of hydrogen-bond acceptors (Lipinski definition) is 7. The van der Waals surface area contributed by atoms with Gasteiger partial charge in [0.2, 0.25) is 0 Å². The largest absolute Gasteiger partial charge is 0.443 e. The lowest BCUT2D eigenvalue weighted by Crippen LogP contribution is -2.40. The van der Waals surface area contributed by atoms with Crippen LogP contribution in [0.25, 0.3) is 0 Å². The van der Waals surface area contributed by atoms with Crippen molar-refractivity contribution in [2.75, 3.05) is 10.8 Å². The first kappa shape index (κ1) is 30.7. The Morgan fingerprint density at radius 1 is 0.947 bits per heavy atom. The summed E-state index contributed by atoms with van der Waals surface area (Å²) in [5.41, 5.74) is 0.972. The van der Waals surface area contributed by atoms with Gasteiger partial charge in [0.1, 0.15) is 11.5 Å². The van der Waals surface area contributed by atoms with Crippen LogP contribution in [0.3, 0.4) is 0 Å². The molecule has 0 bridgehead atoms. The molecule has 8 nitrogen and oxygen atoms in total. The summed E-state index contributed by atoms with van der Waals surface area (Å²) in [7, 11) is -3.80. The van der Waals surface area contributed by atoms with Crippen LogP contribution in [0.2, 0.25) is 0 Å². The first-order valence-corrected chi connectivity index (χ1v) is 14.2. The zero-order valence-corrected chi connectivity index (χ0v) is 24.7. The molecule has 0 aliphatic carbocycles. The van der Waals surface area contributed by atoms with Crippen LogP contribution in [-0.4, -0.2) is 32.3 Å². The van der Waals surface area contributed by atoms with Crippen molar-refractivity contribution in [1.82, 2.24) is 0 Å². The molecule has 196 valence electrons. The molecule has 0 unspecified atom stereocenters. The fourth-order valence-corrected chi connectivity index (χ4v) is 5.27. The Hall–Kier alpha value is -3.51. The molecule has 11 heteroatoms. The molecule has 0 aliphatic rings. The molecule has 0 atom stereocenters. The van der Waals surface area contributed by atoms with Crippen molar-refractivity contribution >= 4 is 59.8 Å². The van der Waals surface area contributed by atoms with Crippen molar-refractivity contribution in [3.05, 3.63) is 92.4 Å². The number of ether oxygens (including phenoxy) is 1. The summed E-state index contributed by atoms with van der Waals surface area (Å²) in [4.78, 5) is 24.2. The molecule has 0 spiro atoms. The maximum Gasteiger partial charge on any atom is 0.415 e.